The van der Waals surface area contributed by atoms with Crippen LogP contribution in [0.25, 0.3) is 0 Å². The topological polar surface area (TPSA) is 17.1 Å². The molecule has 18 heavy (non-hydrogen) atoms. The molecule has 0 saturated heterocycles. The van der Waals surface area contributed by atoms with Crippen molar-refractivity contribution in [3.63, 3.8) is 0 Å². The van der Waals surface area contributed by atoms with E-state index in [2.05, 4.69) is 19.9 Å². The van der Waals surface area contributed by atoms with Gasteiger partial charge < -0.3 is 4.57 Å². The van der Waals surface area contributed by atoms with Crippen LogP contribution in [0, 0.1) is 0 Å². The van der Waals surface area contributed by atoms with E-state index in [9.17, 15) is 4.57 Å². The second-order valence-corrected chi connectivity index (χ2v) is 7.82. The van der Waals surface area contributed by atoms with E-state index in [1.165, 1.54) is 5.56 Å². The minimum Gasteiger partial charge on any atom is -0.314 e. The van der Waals surface area contributed by atoms with Crippen molar-refractivity contribution in [1.82, 2.24) is 0 Å². The molecule has 0 aliphatic heterocycles. The molecule has 2 aromatic carbocycles. The average molecular weight is 258 g/mol. The van der Waals surface area contributed by atoms with E-state index in [0.29, 0.717) is 5.92 Å². The number of hydrogen-bond donors (Lipinski definition) is 0. The molecule has 0 unspecified atom stereocenters. The maximum atomic E-state index is 13.1. The van der Waals surface area contributed by atoms with Gasteiger partial charge in [-0.05, 0) is 18.1 Å². The zero-order chi connectivity index (χ0) is 13.2. The highest BCUT2D eigenvalue weighted by Gasteiger charge is 2.24. The van der Waals surface area contributed by atoms with Gasteiger partial charge in [0.15, 0.2) is 0 Å². The Labute approximate surface area is 109 Å². The summed E-state index contributed by atoms with van der Waals surface area (Å²) in [5.41, 5.74) is 1.19. The van der Waals surface area contributed by atoms with Crippen molar-refractivity contribution >= 4 is 17.8 Å². The maximum Gasteiger partial charge on any atom is 0.140 e. The van der Waals surface area contributed by atoms with Gasteiger partial charge in [-0.3, -0.25) is 0 Å². The van der Waals surface area contributed by atoms with E-state index in [-0.39, 0.29) is 0 Å². The Balaban J connectivity index is 2.58. The van der Waals surface area contributed by atoms with Crippen LogP contribution in [0.2, 0.25) is 0 Å². The Kier molecular flexibility index (Phi) is 3.73. The molecule has 1 atom stereocenters. The Hall–Kier alpha value is -1.33. The average Bonchev–Trinajstić information content (AvgIpc) is 2.39. The first-order valence-electron chi connectivity index (χ1n) is 6.26. The molecule has 2 heteroatoms. The van der Waals surface area contributed by atoms with Crippen molar-refractivity contribution in [2.45, 2.75) is 19.8 Å². The van der Waals surface area contributed by atoms with Crippen LogP contribution in [0.5, 0.6) is 0 Å². The minimum absolute atomic E-state index is 0.387. The van der Waals surface area contributed by atoms with Gasteiger partial charge in [-0.25, -0.2) is 0 Å². The largest absolute Gasteiger partial charge is 0.314 e. The van der Waals surface area contributed by atoms with Crippen molar-refractivity contribution in [1.29, 1.82) is 0 Å². The lowest BCUT2D eigenvalue weighted by Crippen LogP contribution is -2.19. The molecule has 0 aliphatic rings. The van der Waals surface area contributed by atoms with Gasteiger partial charge in [0, 0.05) is 10.6 Å². The van der Waals surface area contributed by atoms with Gasteiger partial charge in [-0.15, -0.1) is 0 Å². The Morgan fingerprint density at radius 1 is 0.889 bits per heavy atom. The highest BCUT2D eigenvalue weighted by molar-refractivity contribution is 7.78. The molecule has 0 N–H and O–H groups in total. The first kappa shape index (κ1) is 13.1. The lowest BCUT2D eigenvalue weighted by molar-refractivity contribution is 0.590. The lowest BCUT2D eigenvalue weighted by Gasteiger charge is -2.19. The third-order valence-electron chi connectivity index (χ3n) is 3.27. The minimum atomic E-state index is -2.49. The van der Waals surface area contributed by atoms with Crippen molar-refractivity contribution in [2.75, 3.05) is 6.66 Å². The molecule has 0 amide bonds. The molecule has 2 aromatic rings. The van der Waals surface area contributed by atoms with E-state index in [1.807, 2.05) is 55.2 Å². The maximum absolute atomic E-state index is 13.1. The summed E-state index contributed by atoms with van der Waals surface area (Å²) in [6, 6.07) is 17.8. The van der Waals surface area contributed by atoms with Gasteiger partial charge >= 0.3 is 0 Å². The monoisotopic (exact) mass is 258 g/mol. The zero-order valence-electron chi connectivity index (χ0n) is 11.1. The predicted molar refractivity (Wildman–Crippen MR) is 79.8 cm³/mol. The molecule has 0 aliphatic carbocycles. The molecule has 0 spiro atoms. The summed E-state index contributed by atoms with van der Waals surface area (Å²) in [5.74, 6) is 0.387. The Morgan fingerprint density at radius 2 is 1.44 bits per heavy atom. The molecule has 0 radical (unpaired) electrons. The molecule has 0 aromatic heterocycles. The predicted octanol–water partition coefficient (Wildman–Crippen LogP) is 3.75. The lowest BCUT2D eigenvalue weighted by atomic mass is 10.0. The van der Waals surface area contributed by atoms with Gasteiger partial charge in [-0.2, -0.15) is 0 Å². The molecule has 2 rings (SSSR count). The fraction of sp³-hybridized carbons (Fsp3) is 0.250. The number of hydrogen-bond acceptors (Lipinski definition) is 1. The second-order valence-electron chi connectivity index (χ2n) is 4.97. The van der Waals surface area contributed by atoms with E-state index >= 15 is 0 Å². The SMILES string of the molecule is CC(C)c1ccccc1[P@](C)(=O)c1ccccc1. The van der Waals surface area contributed by atoms with Crippen molar-refractivity contribution in [3.05, 3.63) is 60.2 Å². The van der Waals surface area contributed by atoms with Gasteiger partial charge in [0.05, 0.1) is 0 Å². The van der Waals surface area contributed by atoms with E-state index < -0.39 is 7.14 Å². The van der Waals surface area contributed by atoms with Crippen LogP contribution in [-0.2, 0) is 4.57 Å². The molecule has 0 bridgehead atoms. The van der Waals surface area contributed by atoms with Crippen LogP contribution in [0.3, 0.4) is 0 Å². The van der Waals surface area contributed by atoms with Gasteiger partial charge in [-0.1, -0.05) is 68.4 Å². The molecule has 1 nitrogen and oxygen atoms in total. The summed E-state index contributed by atoms with van der Waals surface area (Å²) in [4.78, 5) is 0. The normalized spacial score (nSPS) is 14.4. The standard InChI is InChI=1S/C16H19OP/c1-13(2)15-11-7-8-12-16(15)18(3,17)14-9-5-4-6-10-14/h4-13H,1-3H3/t18-/m1/s1. The summed E-state index contributed by atoms with van der Waals surface area (Å²) in [7, 11) is -2.49. The van der Waals surface area contributed by atoms with Crippen molar-refractivity contribution in [3.8, 4) is 0 Å². The quantitative estimate of drug-likeness (QED) is 0.766. The van der Waals surface area contributed by atoms with Crippen LogP contribution in [0.1, 0.15) is 25.3 Å². The van der Waals surface area contributed by atoms with Gasteiger partial charge in [0.2, 0.25) is 0 Å². The molecule has 0 heterocycles. The zero-order valence-corrected chi connectivity index (χ0v) is 12.0. The highest BCUT2D eigenvalue weighted by atomic mass is 31.2. The highest BCUT2D eigenvalue weighted by Crippen LogP contribution is 2.40. The van der Waals surface area contributed by atoms with Crippen LogP contribution >= 0.6 is 7.14 Å². The smallest absolute Gasteiger partial charge is 0.140 e. The summed E-state index contributed by atoms with van der Waals surface area (Å²) in [6.45, 7) is 6.15. The number of rotatable bonds is 3. The van der Waals surface area contributed by atoms with E-state index in [1.54, 1.807) is 0 Å². The van der Waals surface area contributed by atoms with E-state index in [0.717, 1.165) is 10.6 Å². The summed E-state index contributed by atoms with van der Waals surface area (Å²) in [6.07, 6.45) is 0. The molecule has 94 valence electrons. The van der Waals surface area contributed by atoms with Crippen LogP contribution in [-0.4, -0.2) is 6.66 Å². The first-order valence-corrected chi connectivity index (χ1v) is 8.41. The molecular formula is C16H19OP. The van der Waals surface area contributed by atoms with E-state index in [4.69, 9.17) is 0 Å². The van der Waals surface area contributed by atoms with Crippen molar-refractivity contribution in [2.24, 2.45) is 0 Å². The van der Waals surface area contributed by atoms with Crippen LogP contribution < -0.4 is 10.6 Å². The van der Waals surface area contributed by atoms with Gasteiger partial charge in [0.25, 0.3) is 0 Å². The van der Waals surface area contributed by atoms with Crippen LogP contribution in [0.15, 0.2) is 54.6 Å². The number of benzene rings is 2. The third-order valence-corrected chi connectivity index (χ3v) is 5.88. The Bertz CT molecular complexity index is 573. The second kappa shape index (κ2) is 5.12. The molecular weight excluding hydrogens is 239 g/mol. The first-order chi connectivity index (χ1) is 8.53. The molecule has 0 saturated carbocycles. The summed E-state index contributed by atoms with van der Waals surface area (Å²) >= 11 is 0. The third kappa shape index (κ3) is 2.42. The van der Waals surface area contributed by atoms with Gasteiger partial charge in [0.1, 0.15) is 7.14 Å². The fourth-order valence-corrected chi connectivity index (χ4v) is 4.43. The van der Waals surface area contributed by atoms with Crippen molar-refractivity contribution < 1.29 is 4.57 Å². The summed E-state index contributed by atoms with van der Waals surface area (Å²) in [5, 5.41) is 1.92. The van der Waals surface area contributed by atoms with Crippen LogP contribution in [0.4, 0.5) is 0 Å². The molecule has 0 fully saturated rings. The Morgan fingerprint density at radius 3 is 2.06 bits per heavy atom. The summed E-state index contributed by atoms with van der Waals surface area (Å²) < 4.78 is 13.1. The fourth-order valence-electron chi connectivity index (χ4n) is 2.22.